The minimum atomic E-state index is 0.0654. The van der Waals surface area contributed by atoms with Gasteiger partial charge in [-0.2, -0.15) is 11.8 Å². The van der Waals surface area contributed by atoms with Gasteiger partial charge in [-0.25, -0.2) is 4.98 Å². The van der Waals surface area contributed by atoms with E-state index < -0.39 is 0 Å². The summed E-state index contributed by atoms with van der Waals surface area (Å²) >= 11 is 2.03. The van der Waals surface area contributed by atoms with E-state index in [9.17, 15) is 0 Å². The van der Waals surface area contributed by atoms with Crippen LogP contribution in [0.3, 0.4) is 0 Å². The van der Waals surface area contributed by atoms with Crippen LogP contribution < -0.4 is 4.90 Å². The van der Waals surface area contributed by atoms with Crippen molar-refractivity contribution in [3.8, 4) is 0 Å². The lowest BCUT2D eigenvalue weighted by molar-refractivity contribution is 0.281. The largest absolute Gasteiger partial charge is 0.392 e. The molecule has 1 fully saturated rings. The normalized spacial score (nSPS) is 25.1. The molecule has 2 unspecified atom stereocenters. The van der Waals surface area contributed by atoms with E-state index in [1.54, 1.807) is 6.20 Å². The van der Waals surface area contributed by atoms with E-state index in [2.05, 4.69) is 30.7 Å². The Morgan fingerprint density at radius 1 is 1.53 bits per heavy atom. The monoisotopic (exact) mass is 252 g/mol. The summed E-state index contributed by atoms with van der Waals surface area (Å²) in [4.78, 5) is 6.90. The maximum atomic E-state index is 9.10. The first-order chi connectivity index (χ1) is 8.13. The number of rotatable bonds is 2. The van der Waals surface area contributed by atoms with Gasteiger partial charge in [-0.15, -0.1) is 0 Å². The van der Waals surface area contributed by atoms with Crippen LogP contribution in [0.5, 0.6) is 0 Å². The van der Waals surface area contributed by atoms with Crippen LogP contribution in [0, 0.1) is 6.92 Å². The van der Waals surface area contributed by atoms with Crippen LogP contribution in [0.2, 0.25) is 0 Å². The van der Waals surface area contributed by atoms with Crippen molar-refractivity contribution >= 4 is 17.6 Å². The van der Waals surface area contributed by atoms with Gasteiger partial charge < -0.3 is 10.0 Å². The Kier molecular flexibility index (Phi) is 3.94. The Balaban J connectivity index is 2.27. The van der Waals surface area contributed by atoms with Gasteiger partial charge in [0.1, 0.15) is 5.82 Å². The average molecular weight is 252 g/mol. The lowest BCUT2D eigenvalue weighted by Crippen LogP contribution is -2.45. The van der Waals surface area contributed by atoms with Crippen molar-refractivity contribution in [3.63, 3.8) is 0 Å². The van der Waals surface area contributed by atoms with E-state index in [0.717, 1.165) is 29.2 Å². The molecular formula is C13H20N2OS. The molecule has 1 saturated heterocycles. The second-order valence-corrected chi connectivity index (χ2v) is 6.14. The number of hydrogen-bond donors (Lipinski definition) is 1. The van der Waals surface area contributed by atoms with Gasteiger partial charge in [-0.3, -0.25) is 0 Å². The molecule has 2 atom stereocenters. The third-order valence-corrected chi connectivity index (χ3v) is 4.78. The molecule has 0 aromatic carbocycles. The molecule has 0 amide bonds. The van der Waals surface area contributed by atoms with Crippen LogP contribution in [0.1, 0.15) is 25.0 Å². The Bertz CT molecular complexity index is 397. The van der Waals surface area contributed by atoms with Gasteiger partial charge in [0.15, 0.2) is 0 Å². The summed E-state index contributed by atoms with van der Waals surface area (Å²) in [6, 6.07) is 2.54. The molecule has 1 aliphatic rings. The minimum Gasteiger partial charge on any atom is -0.392 e. The molecule has 94 valence electrons. The fraction of sp³-hybridized carbons (Fsp3) is 0.615. The molecule has 3 nitrogen and oxygen atoms in total. The first-order valence-electron chi connectivity index (χ1n) is 6.08. The van der Waals surface area contributed by atoms with Gasteiger partial charge in [-0.05, 0) is 31.0 Å². The van der Waals surface area contributed by atoms with Crippen molar-refractivity contribution in [2.75, 3.05) is 17.2 Å². The highest BCUT2D eigenvalue weighted by Crippen LogP contribution is 2.29. The molecule has 0 radical (unpaired) electrons. The standard InChI is InChI=1S/C13H20N2OS/c1-9-6-12(8-16)7-14-13(9)15-4-5-17-11(3)10(15)2/h6-7,10-11,16H,4-5,8H2,1-3H3. The molecule has 4 heteroatoms. The molecule has 2 heterocycles. The van der Waals surface area contributed by atoms with Crippen LogP contribution in [0.25, 0.3) is 0 Å². The van der Waals surface area contributed by atoms with E-state index in [1.807, 2.05) is 17.8 Å². The summed E-state index contributed by atoms with van der Waals surface area (Å²) in [5.41, 5.74) is 2.04. The van der Waals surface area contributed by atoms with Crippen molar-refractivity contribution in [3.05, 3.63) is 23.4 Å². The zero-order valence-electron chi connectivity index (χ0n) is 10.7. The van der Waals surface area contributed by atoms with Crippen molar-refractivity contribution < 1.29 is 5.11 Å². The van der Waals surface area contributed by atoms with Crippen LogP contribution in [-0.2, 0) is 6.61 Å². The second-order valence-electron chi connectivity index (χ2n) is 4.65. The topological polar surface area (TPSA) is 36.4 Å². The smallest absolute Gasteiger partial charge is 0.131 e. The van der Waals surface area contributed by atoms with E-state index >= 15 is 0 Å². The SMILES string of the molecule is Cc1cc(CO)cnc1N1CCSC(C)C1C. The first kappa shape index (κ1) is 12.7. The van der Waals surface area contributed by atoms with E-state index in [0.29, 0.717) is 11.3 Å². The van der Waals surface area contributed by atoms with Crippen LogP contribution in [0.4, 0.5) is 5.82 Å². The van der Waals surface area contributed by atoms with E-state index in [1.165, 1.54) is 0 Å². The lowest BCUT2D eigenvalue weighted by Gasteiger charge is -2.39. The highest BCUT2D eigenvalue weighted by molar-refractivity contribution is 8.00. The number of nitrogens with zero attached hydrogens (tertiary/aromatic N) is 2. The Morgan fingerprint density at radius 2 is 2.29 bits per heavy atom. The Hall–Kier alpha value is -0.740. The van der Waals surface area contributed by atoms with Crippen molar-refractivity contribution in [1.82, 2.24) is 4.98 Å². The Morgan fingerprint density at radius 3 is 2.94 bits per heavy atom. The van der Waals surface area contributed by atoms with Crippen LogP contribution in [0.15, 0.2) is 12.3 Å². The van der Waals surface area contributed by atoms with Gasteiger partial charge in [0, 0.05) is 29.8 Å². The third-order valence-electron chi connectivity index (χ3n) is 3.45. The van der Waals surface area contributed by atoms with Gasteiger partial charge in [0.2, 0.25) is 0 Å². The molecule has 0 spiro atoms. The number of anilines is 1. The Labute approximate surface area is 107 Å². The van der Waals surface area contributed by atoms with E-state index in [4.69, 9.17) is 5.11 Å². The number of thioether (sulfide) groups is 1. The highest BCUT2D eigenvalue weighted by Gasteiger charge is 2.26. The summed E-state index contributed by atoms with van der Waals surface area (Å²) in [5, 5.41) is 9.74. The average Bonchev–Trinajstić information content (AvgIpc) is 2.33. The van der Waals surface area contributed by atoms with Crippen molar-refractivity contribution in [2.45, 2.75) is 38.7 Å². The molecule has 0 bridgehead atoms. The molecule has 1 N–H and O–H groups in total. The number of aliphatic hydroxyl groups excluding tert-OH is 1. The maximum Gasteiger partial charge on any atom is 0.131 e. The molecule has 1 aromatic heterocycles. The summed E-state index contributed by atoms with van der Waals surface area (Å²) in [6.07, 6.45) is 1.78. The molecule has 17 heavy (non-hydrogen) atoms. The van der Waals surface area contributed by atoms with Gasteiger partial charge in [0.05, 0.1) is 6.61 Å². The fourth-order valence-electron chi connectivity index (χ4n) is 2.24. The van der Waals surface area contributed by atoms with Gasteiger partial charge in [-0.1, -0.05) is 6.92 Å². The number of aromatic nitrogens is 1. The second kappa shape index (κ2) is 5.27. The van der Waals surface area contributed by atoms with Gasteiger partial charge >= 0.3 is 0 Å². The predicted octanol–water partition coefficient (Wildman–Crippen LogP) is 2.21. The summed E-state index contributed by atoms with van der Waals surface area (Å²) < 4.78 is 0. The van der Waals surface area contributed by atoms with Crippen molar-refractivity contribution in [1.29, 1.82) is 0 Å². The number of pyridine rings is 1. The molecule has 0 saturated carbocycles. The number of aryl methyl sites for hydroxylation is 1. The van der Waals surface area contributed by atoms with Gasteiger partial charge in [0.25, 0.3) is 0 Å². The molecule has 1 aromatic rings. The zero-order valence-corrected chi connectivity index (χ0v) is 11.5. The highest BCUT2D eigenvalue weighted by atomic mass is 32.2. The maximum absolute atomic E-state index is 9.10. The fourth-order valence-corrected chi connectivity index (χ4v) is 3.34. The molecular weight excluding hydrogens is 232 g/mol. The minimum absolute atomic E-state index is 0.0654. The molecule has 2 rings (SSSR count). The number of hydrogen-bond acceptors (Lipinski definition) is 4. The quantitative estimate of drug-likeness (QED) is 0.875. The summed E-state index contributed by atoms with van der Waals surface area (Å²) in [7, 11) is 0. The predicted molar refractivity (Wildman–Crippen MR) is 73.6 cm³/mol. The van der Waals surface area contributed by atoms with Crippen LogP contribution >= 0.6 is 11.8 Å². The zero-order chi connectivity index (χ0) is 12.4. The molecule has 1 aliphatic heterocycles. The van der Waals surface area contributed by atoms with Crippen LogP contribution in [-0.4, -0.2) is 33.7 Å². The van der Waals surface area contributed by atoms with Crippen molar-refractivity contribution in [2.24, 2.45) is 0 Å². The third kappa shape index (κ3) is 2.58. The molecule has 0 aliphatic carbocycles. The summed E-state index contributed by atoms with van der Waals surface area (Å²) in [5.74, 6) is 2.23. The van der Waals surface area contributed by atoms with E-state index in [-0.39, 0.29) is 6.61 Å². The number of aliphatic hydroxyl groups is 1. The summed E-state index contributed by atoms with van der Waals surface area (Å²) in [6.45, 7) is 7.73. The lowest BCUT2D eigenvalue weighted by atomic mass is 10.1. The first-order valence-corrected chi connectivity index (χ1v) is 7.13.